The lowest BCUT2D eigenvalue weighted by Gasteiger charge is -2.29. The summed E-state index contributed by atoms with van der Waals surface area (Å²) >= 11 is 0. The monoisotopic (exact) mass is 290 g/mol. The first-order valence-corrected chi connectivity index (χ1v) is 7.99. The van der Waals surface area contributed by atoms with E-state index < -0.39 is 5.97 Å². The summed E-state index contributed by atoms with van der Waals surface area (Å²) in [6.45, 7) is 6.33. The van der Waals surface area contributed by atoms with E-state index in [0.29, 0.717) is 12.0 Å². The van der Waals surface area contributed by atoms with E-state index in [1.54, 1.807) is 12.1 Å². The molecule has 0 atom stereocenters. The average Bonchev–Trinajstić information content (AvgIpc) is 2.97. The highest BCUT2D eigenvalue weighted by atomic mass is 16.4. The van der Waals surface area contributed by atoms with Crippen molar-refractivity contribution in [3.05, 3.63) is 29.6 Å². The van der Waals surface area contributed by atoms with Crippen LogP contribution in [-0.4, -0.2) is 33.5 Å². The number of rotatable bonds is 7. The lowest BCUT2D eigenvalue weighted by molar-refractivity contribution is 0.0689. The van der Waals surface area contributed by atoms with Crippen LogP contribution in [0.5, 0.6) is 0 Å². The molecule has 4 nitrogen and oxygen atoms in total. The van der Waals surface area contributed by atoms with E-state index in [0.717, 1.165) is 18.8 Å². The summed E-state index contributed by atoms with van der Waals surface area (Å²) in [6.07, 6.45) is 6.32. The van der Waals surface area contributed by atoms with Gasteiger partial charge in [0.05, 0.1) is 5.69 Å². The van der Waals surface area contributed by atoms with Crippen LogP contribution in [0.15, 0.2) is 18.2 Å². The summed E-state index contributed by atoms with van der Waals surface area (Å²) in [5.74, 6) is -0.265. The molecule has 1 saturated carbocycles. The van der Waals surface area contributed by atoms with E-state index in [-0.39, 0.29) is 5.69 Å². The second-order valence-corrected chi connectivity index (χ2v) is 6.41. The molecule has 1 aromatic heterocycles. The minimum Gasteiger partial charge on any atom is -0.477 e. The fourth-order valence-electron chi connectivity index (χ4n) is 2.98. The van der Waals surface area contributed by atoms with E-state index in [9.17, 15) is 4.79 Å². The molecular weight excluding hydrogens is 264 g/mol. The number of carboxylic acids is 1. The van der Waals surface area contributed by atoms with Crippen molar-refractivity contribution in [1.29, 1.82) is 0 Å². The Morgan fingerprint density at radius 2 is 2.10 bits per heavy atom. The largest absolute Gasteiger partial charge is 0.477 e. The Labute approximate surface area is 127 Å². The zero-order valence-corrected chi connectivity index (χ0v) is 13.1. The van der Waals surface area contributed by atoms with Crippen LogP contribution in [-0.2, 0) is 6.54 Å². The van der Waals surface area contributed by atoms with Gasteiger partial charge in [0.2, 0.25) is 0 Å². The van der Waals surface area contributed by atoms with Crippen molar-refractivity contribution < 1.29 is 9.90 Å². The molecule has 0 aliphatic heterocycles. The van der Waals surface area contributed by atoms with Gasteiger partial charge in [-0.1, -0.05) is 32.8 Å². The molecule has 1 aromatic rings. The molecule has 1 N–H and O–H groups in total. The predicted octanol–water partition coefficient (Wildman–Crippen LogP) is 3.57. The van der Waals surface area contributed by atoms with E-state index in [2.05, 4.69) is 23.7 Å². The quantitative estimate of drug-likeness (QED) is 0.834. The van der Waals surface area contributed by atoms with E-state index in [1.165, 1.54) is 32.1 Å². The molecule has 0 bridgehead atoms. The van der Waals surface area contributed by atoms with Gasteiger partial charge < -0.3 is 5.11 Å². The number of carboxylic acid groups (broad SMARTS) is 1. The molecule has 1 aliphatic rings. The summed E-state index contributed by atoms with van der Waals surface area (Å²) in [5.41, 5.74) is 1.01. The van der Waals surface area contributed by atoms with Crippen LogP contribution < -0.4 is 0 Å². The molecule has 2 rings (SSSR count). The summed E-state index contributed by atoms with van der Waals surface area (Å²) in [6, 6.07) is 5.92. The van der Waals surface area contributed by atoms with E-state index in [4.69, 9.17) is 5.11 Å². The van der Waals surface area contributed by atoms with Gasteiger partial charge in [0.1, 0.15) is 5.69 Å². The SMILES string of the molecule is CC(C)CCN(Cc1cccc(C(=O)O)n1)C1CCCC1. The molecule has 4 heteroatoms. The minimum atomic E-state index is -0.952. The van der Waals surface area contributed by atoms with Crippen molar-refractivity contribution in [3.8, 4) is 0 Å². The van der Waals surface area contributed by atoms with Gasteiger partial charge in [0, 0.05) is 12.6 Å². The third-order valence-corrected chi connectivity index (χ3v) is 4.23. The third kappa shape index (κ3) is 4.81. The molecule has 0 radical (unpaired) electrons. The number of pyridine rings is 1. The van der Waals surface area contributed by atoms with Gasteiger partial charge in [0.15, 0.2) is 0 Å². The van der Waals surface area contributed by atoms with Crippen LogP contribution in [0.25, 0.3) is 0 Å². The van der Waals surface area contributed by atoms with Crippen molar-refractivity contribution in [2.45, 2.75) is 58.5 Å². The van der Waals surface area contributed by atoms with Crippen LogP contribution in [0.4, 0.5) is 0 Å². The summed E-state index contributed by atoms with van der Waals surface area (Å²) < 4.78 is 0. The van der Waals surface area contributed by atoms with Gasteiger partial charge in [-0.3, -0.25) is 4.90 Å². The van der Waals surface area contributed by atoms with Crippen LogP contribution in [0.2, 0.25) is 0 Å². The smallest absolute Gasteiger partial charge is 0.354 e. The maximum atomic E-state index is 11.0. The first-order valence-electron chi connectivity index (χ1n) is 7.99. The van der Waals surface area contributed by atoms with Crippen LogP contribution in [0.3, 0.4) is 0 Å². The molecular formula is C17H26N2O2. The number of nitrogens with zero attached hydrogens (tertiary/aromatic N) is 2. The number of hydrogen-bond acceptors (Lipinski definition) is 3. The van der Waals surface area contributed by atoms with Crippen LogP contribution >= 0.6 is 0 Å². The predicted molar refractivity (Wildman–Crippen MR) is 83.3 cm³/mol. The zero-order chi connectivity index (χ0) is 15.2. The molecule has 0 saturated heterocycles. The first-order chi connectivity index (χ1) is 10.1. The number of carbonyl (C=O) groups is 1. The Morgan fingerprint density at radius 1 is 1.38 bits per heavy atom. The first kappa shape index (κ1) is 16.0. The number of aromatic carboxylic acids is 1. The van der Waals surface area contributed by atoms with Crippen molar-refractivity contribution in [2.24, 2.45) is 5.92 Å². The molecule has 0 spiro atoms. The highest BCUT2D eigenvalue weighted by molar-refractivity contribution is 5.85. The van der Waals surface area contributed by atoms with Gasteiger partial charge >= 0.3 is 5.97 Å². The Bertz CT molecular complexity index is 468. The Kier molecular flexibility index (Phi) is 5.74. The maximum absolute atomic E-state index is 11.0. The Hall–Kier alpha value is -1.42. The molecule has 116 valence electrons. The molecule has 0 unspecified atom stereocenters. The summed E-state index contributed by atoms with van der Waals surface area (Å²) in [7, 11) is 0. The summed E-state index contributed by atoms with van der Waals surface area (Å²) in [5, 5.41) is 9.05. The average molecular weight is 290 g/mol. The topological polar surface area (TPSA) is 53.4 Å². The molecule has 1 fully saturated rings. The van der Waals surface area contributed by atoms with Crippen molar-refractivity contribution in [1.82, 2.24) is 9.88 Å². The number of hydrogen-bond donors (Lipinski definition) is 1. The van der Waals surface area contributed by atoms with Gasteiger partial charge in [-0.25, -0.2) is 9.78 Å². The molecule has 0 aromatic carbocycles. The molecule has 0 amide bonds. The highest BCUT2D eigenvalue weighted by Gasteiger charge is 2.23. The van der Waals surface area contributed by atoms with Crippen molar-refractivity contribution in [2.75, 3.05) is 6.54 Å². The maximum Gasteiger partial charge on any atom is 0.354 e. The second-order valence-electron chi connectivity index (χ2n) is 6.41. The number of aromatic nitrogens is 1. The third-order valence-electron chi connectivity index (χ3n) is 4.23. The lowest BCUT2D eigenvalue weighted by atomic mass is 10.1. The Balaban J connectivity index is 2.06. The standard InChI is InChI=1S/C17H26N2O2/c1-13(2)10-11-19(15-7-3-4-8-15)12-14-6-5-9-16(18-14)17(20)21/h5-6,9,13,15H,3-4,7-8,10-12H2,1-2H3,(H,20,21). The van der Waals surface area contributed by atoms with Gasteiger partial charge in [0.25, 0.3) is 0 Å². The zero-order valence-electron chi connectivity index (χ0n) is 13.1. The van der Waals surface area contributed by atoms with Gasteiger partial charge in [-0.05, 0) is 43.9 Å². The fraction of sp³-hybridized carbons (Fsp3) is 0.647. The second kappa shape index (κ2) is 7.55. The normalized spacial score (nSPS) is 16.0. The molecule has 1 aliphatic carbocycles. The van der Waals surface area contributed by atoms with Crippen molar-refractivity contribution >= 4 is 5.97 Å². The van der Waals surface area contributed by atoms with E-state index >= 15 is 0 Å². The Morgan fingerprint density at radius 3 is 2.71 bits per heavy atom. The molecule has 21 heavy (non-hydrogen) atoms. The minimum absolute atomic E-state index is 0.141. The van der Waals surface area contributed by atoms with Crippen LogP contribution in [0, 0.1) is 5.92 Å². The van der Waals surface area contributed by atoms with Crippen molar-refractivity contribution in [3.63, 3.8) is 0 Å². The fourth-order valence-corrected chi connectivity index (χ4v) is 2.98. The van der Waals surface area contributed by atoms with Crippen LogP contribution in [0.1, 0.15) is 62.1 Å². The van der Waals surface area contributed by atoms with Gasteiger partial charge in [-0.15, -0.1) is 0 Å². The summed E-state index contributed by atoms with van der Waals surface area (Å²) in [4.78, 5) is 17.8. The molecule has 1 heterocycles. The highest BCUT2D eigenvalue weighted by Crippen LogP contribution is 2.25. The van der Waals surface area contributed by atoms with Gasteiger partial charge in [-0.2, -0.15) is 0 Å². The lowest BCUT2D eigenvalue weighted by Crippen LogP contribution is -2.34. The van der Waals surface area contributed by atoms with E-state index in [1.807, 2.05) is 6.07 Å².